The fourth-order valence-corrected chi connectivity index (χ4v) is 3.40. The molecule has 0 bridgehead atoms. The third kappa shape index (κ3) is 4.19. The van der Waals surface area contributed by atoms with E-state index in [0.717, 1.165) is 24.0 Å². The molecule has 0 aliphatic carbocycles. The van der Waals surface area contributed by atoms with Gasteiger partial charge in [0, 0.05) is 30.6 Å². The third-order valence-electron chi connectivity index (χ3n) is 5.13. The molecule has 28 heavy (non-hydrogen) atoms. The van der Waals surface area contributed by atoms with Crippen molar-refractivity contribution < 1.29 is 9.32 Å². The van der Waals surface area contributed by atoms with Gasteiger partial charge in [0.15, 0.2) is 0 Å². The van der Waals surface area contributed by atoms with Crippen molar-refractivity contribution in [3.8, 4) is 11.4 Å². The second-order valence-electron chi connectivity index (χ2n) is 7.17. The molecular formula is C23H23N3O2. The Morgan fingerprint density at radius 2 is 1.79 bits per heavy atom. The van der Waals surface area contributed by atoms with Crippen LogP contribution in [0, 0.1) is 6.92 Å². The van der Waals surface area contributed by atoms with Crippen LogP contribution < -0.4 is 0 Å². The van der Waals surface area contributed by atoms with Crippen molar-refractivity contribution in [1.29, 1.82) is 0 Å². The highest BCUT2D eigenvalue weighted by molar-refractivity contribution is 5.91. The molecule has 1 aliphatic heterocycles. The Balaban J connectivity index is 1.34. The summed E-state index contributed by atoms with van der Waals surface area (Å²) in [6.07, 6.45) is 5.20. The monoisotopic (exact) mass is 373 g/mol. The molecule has 5 heteroatoms. The molecule has 1 amide bonds. The average molecular weight is 373 g/mol. The first-order valence-corrected chi connectivity index (χ1v) is 9.62. The van der Waals surface area contributed by atoms with Crippen LogP contribution in [0.2, 0.25) is 0 Å². The third-order valence-corrected chi connectivity index (χ3v) is 5.13. The predicted octanol–water partition coefficient (Wildman–Crippen LogP) is 4.46. The molecule has 142 valence electrons. The van der Waals surface area contributed by atoms with E-state index >= 15 is 0 Å². The van der Waals surface area contributed by atoms with Crippen molar-refractivity contribution >= 4 is 12.0 Å². The van der Waals surface area contributed by atoms with Crippen LogP contribution in [0.3, 0.4) is 0 Å². The van der Waals surface area contributed by atoms with Crippen molar-refractivity contribution in [2.75, 3.05) is 13.1 Å². The lowest BCUT2D eigenvalue weighted by atomic mass is 9.96. The highest BCUT2D eigenvalue weighted by atomic mass is 16.5. The molecule has 1 fully saturated rings. The smallest absolute Gasteiger partial charge is 0.246 e. The van der Waals surface area contributed by atoms with Gasteiger partial charge in [0.1, 0.15) is 0 Å². The number of carbonyl (C=O) groups is 1. The minimum atomic E-state index is 0.0505. The Bertz CT molecular complexity index is 953. The van der Waals surface area contributed by atoms with E-state index in [1.54, 1.807) is 6.08 Å². The van der Waals surface area contributed by atoms with Gasteiger partial charge < -0.3 is 9.42 Å². The maximum Gasteiger partial charge on any atom is 0.246 e. The van der Waals surface area contributed by atoms with E-state index in [9.17, 15) is 4.79 Å². The molecular weight excluding hydrogens is 350 g/mol. The molecule has 2 aromatic carbocycles. The minimum Gasteiger partial charge on any atom is -0.339 e. The summed E-state index contributed by atoms with van der Waals surface area (Å²) in [5, 5.41) is 4.11. The largest absolute Gasteiger partial charge is 0.339 e. The molecule has 0 saturated carbocycles. The molecule has 3 aromatic rings. The van der Waals surface area contributed by atoms with E-state index in [-0.39, 0.29) is 11.8 Å². The second kappa shape index (κ2) is 8.21. The molecule has 2 heterocycles. The summed E-state index contributed by atoms with van der Waals surface area (Å²) >= 11 is 0. The van der Waals surface area contributed by atoms with Gasteiger partial charge >= 0.3 is 0 Å². The van der Waals surface area contributed by atoms with E-state index in [1.807, 2.05) is 65.6 Å². The van der Waals surface area contributed by atoms with Crippen LogP contribution in [0.4, 0.5) is 0 Å². The fourth-order valence-electron chi connectivity index (χ4n) is 3.40. The molecule has 0 radical (unpaired) electrons. The summed E-state index contributed by atoms with van der Waals surface area (Å²) < 4.78 is 5.49. The van der Waals surface area contributed by atoms with Gasteiger partial charge in [0.25, 0.3) is 0 Å². The van der Waals surface area contributed by atoms with E-state index < -0.39 is 0 Å². The lowest BCUT2D eigenvalue weighted by Gasteiger charge is -2.29. The number of piperidine rings is 1. The van der Waals surface area contributed by atoms with Crippen LogP contribution in [-0.2, 0) is 4.79 Å². The van der Waals surface area contributed by atoms with E-state index in [2.05, 4.69) is 17.1 Å². The number of carbonyl (C=O) groups excluding carboxylic acids is 1. The molecule has 5 nitrogen and oxygen atoms in total. The normalized spacial score (nSPS) is 15.2. The van der Waals surface area contributed by atoms with Crippen LogP contribution in [-0.4, -0.2) is 34.0 Å². The first-order chi connectivity index (χ1) is 13.7. The Morgan fingerprint density at radius 1 is 1.07 bits per heavy atom. The summed E-state index contributed by atoms with van der Waals surface area (Å²) in [4.78, 5) is 18.9. The Labute approximate surface area is 164 Å². The Kier molecular flexibility index (Phi) is 5.33. The van der Waals surface area contributed by atoms with Crippen LogP contribution in [0.25, 0.3) is 17.5 Å². The number of hydrogen-bond donors (Lipinski definition) is 0. The molecule has 4 rings (SSSR count). The van der Waals surface area contributed by atoms with Crippen LogP contribution in [0.1, 0.15) is 35.8 Å². The quantitative estimate of drug-likeness (QED) is 0.633. The number of hydrogen-bond acceptors (Lipinski definition) is 4. The number of rotatable bonds is 4. The van der Waals surface area contributed by atoms with E-state index in [0.29, 0.717) is 24.8 Å². The standard InChI is InChI=1S/C23H23N3O2/c1-17-7-9-18(10-8-17)11-12-21(27)26-15-13-20(14-16-26)23-24-22(25-28-23)19-5-3-2-4-6-19/h2-12,20H,13-16H2,1H3/b12-11+. The average Bonchev–Trinajstić information content (AvgIpc) is 3.24. The molecule has 0 atom stereocenters. The van der Waals surface area contributed by atoms with Crippen molar-refractivity contribution in [2.24, 2.45) is 0 Å². The summed E-state index contributed by atoms with van der Waals surface area (Å²) in [6.45, 7) is 3.45. The number of nitrogens with zero attached hydrogens (tertiary/aromatic N) is 3. The summed E-state index contributed by atoms with van der Waals surface area (Å²) in [5.74, 6) is 1.54. The topological polar surface area (TPSA) is 59.2 Å². The van der Waals surface area contributed by atoms with Crippen molar-refractivity contribution in [3.63, 3.8) is 0 Å². The van der Waals surface area contributed by atoms with Crippen molar-refractivity contribution in [2.45, 2.75) is 25.7 Å². The maximum absolute atomic E-state index is 12.5. The number of likely N-dealkylation sites (tertiary alicyclic amines) is 1. The Morgan fingerprint density at radius 3 is 2.50 bits per heavy atom. The number of aromatic nitrogens is 2. The minimum absolute atomic E-state index is 0.0505. The van der Waals surface area contributed by atoms with Crippen LogP contribution >= 0.6 is 0 Å². The van der Waals surface area contributed by atoms with Crippen molar-refractivity contribution in [3.05, 3.63) is 77.7 Å². The van der Waals surface area contributed by atoms with Gasteiger partial charge in [-0.1, -0.05) is 65.3 Å². The summed E-state index contributed by atoms with van der Waals surface area (Å²) in [5.41, 5.74) is 3.20. The van der Waals surface area contributed by atoms with E-state index in [4.69, 9.17) is 4.52 Å². The lowest BCUT2D eigenvalue weighted by molar-refractivity contribution is -0.127. The van der Waals surface area contributed by atoms with Gasteiger partial charge in [0.05, 0.1) is 0 Å². The van der Waals surface area contributed by atoms with Gasteiger partial charge in [-0.05, 0) is 31.4 Å². The zero-order valence-electron chi connectivity index (χ0n) is 15.9. The van der Waals surface area contributed by atoms with Gasteiger partial charge in [0.2, 0.25) is 17.6 Å². The first kappa shape index (κ1) is 18.2. The van der Waals surface area contributed by atoms with Gasteiger partial charge in [-0.25, -0.2) is 0 Å². The Hall–Kier alpha value is -3.21. The van der Waals surface area contributed by atoms with Gasteiger partial charge in [-0.2, -0.15) is 4.98 Å². The second-order valence-corrected chi connectivity index (χ2v) is 7.17. The zero-order chi connectivity index (χ0) is 19.3. The molecule has 1 saturated heterocycles. The van der Waals surface area contributed by atoms with Crippen LogP contribution in [0.5, 0.6) is 0 Å². The first-order valence-electron chi connectivity index (χ1n) is 9.62. The van der Waals surface area contributed by atoms with Crippen molar-refractivity contribution in [1.82, 2.24) is 15.0 Å². The zero-order valence-corrected chi connectivity index (χ0v) is 15.9. The van der Waals surface area contributed by atoms with Gasteiger partial charge in [-0.15, -0.1) is 0 Å². The molecule has 0 unspecified atom stereocenters. The lowest BCUT2D eigenvalue weighted by Crippen LogP contribution is -2.36. The van der Waals surface area contributed by atoms with Crippen LogP contribution in [0.15, 0.2) is 65.2 Å². The summed E-state index contributed by atoms with van der Waals surface area (Å²) in [6, 6.07) is 17.9. The van der Waals surface area contributed by atoms with Gasteiger partial charge in [-0.3, -0.25) is 4.79 Å². The SMILES string of the molecule is Cc1ccc(/C=C/C(=O)N2CCC(c3nc(-c4ccccc4)no3)CC2)cc1. The number of benzene rings is 2. The maximum atomic E-state index is 12.5. The number of aryl methyl sites for hydroxylation is 1. The molecule has 1 aromatic heterocycles. The summed E-state index contributed by atoms with van der Waals surface area (Å²) in [7, 11) is 0. The van der Waals surface area contributed by atoms with E-state index in [1.165, 1.54) is 5.56 Å². The number of amides is 1. The molecule has 0 N–H and O–H groups in total. The predicted molar refractivity (Wildman–Crippen MR) is 109 cm³/mol. The fraction of sp³-hybridized carbons (Fsp3) is 0.261. The molecule has 0 spiro atoms. The highest BCUT2D eigenvalue weighted by Crippen LogP contribution is 2.28. The molecule has 1 aliphatic rings. The highest BCUT2D eigenvalue weighted by Gasteiger charge is 2.26.